The molecule has 0 bridgehead atoms. The molecule has 32 heavy (non-hydrogen) atoms. The molecule has 158 valence electrons. The molecule has 0 unspecified atom stereocenters. The molecular weight excluding hydrogens is 430 g/mol. The van der Waals surface area contributed by atoms with Crippen molar-refractivity contribution in [3.05, 3.63) is 112 Å². The third-order valence-corrected chi connectivity index (χ3v) is 4.74. The largest absolute Gasteiger partial charge is 0.320 e. The van der Waals surface area contributed by atoms with E-state index in [1.807, 2.05) is 0 Å². The lowest BCUT2D eigenvalue weighted by molar-refractivity contribution is 0.102. The molecule has 0 aliphatic rings. The molecule has 0 atom stereocenters. The Morgan fingerprint density at radius 3 is 2.41 bits per heavy atom. The summed E-state index contributed by atoms with van der Waals surface area (Å²) in [6.45, 7) is 0. The quantitative estimate of drug-likeness (QED) is 0.486. The summed E-state index contributed by atoms with van der Waals surface area (Å²) in [6.07, 6.45) is 5.90. The Kier molecular flexibility index (Phi) is 6.05. The number of hydrogen-bond acceptors (Lipinski definition) is 5. The zero-order valence-corrected chi connectivity index (χ0v) is 17.3. The number of carbonyl (C=O) groups excluding carboxylic acids is 2. The molecule has 2 N–H and O–H groups in total. The summed E-state index contributed by atoms with van der Waals surface area (Å²) in [5.74, 6) is -0.569. The molecule has 4 rings (SSSR count). The van der Waals surface area contributed by atoms with E-state index in [0.29, 0.717) is 22.1 Å². The van der Waals surface area contributed by atoms with Crippen LogP contribution in [-0.2, 0) is 0 Å². The maximum absolute atomic E-state index is 12.7. The maximum Gasteiger partial charge on any atom is 0.259 e. The van der Waals surface area contributed by atoms with E-state index in [1.165, 1.54) is 35.3 Å². The van der Waals surface area contributed by atoms with Gasteiger partial charge in [0.05, 0.1) is 22.5 Å². The lowest BCUT2D eigenvalue weighted by atomic mass is 10.1. The van der Waals surface area contributed by atoms with Crippen LogP contribution < -0.4 is 16.2 Å². The molecule has 0 saturated heterocycles. The SMILES string of the molecule is O=C(Nc1cnccc1C(=O)Nc1ccc(Cl)cn1)c1ccc(-n2ccccc2=O)cc1. The van der Waals surface area contributed by atoms with Crippen LogP contribution in [0.5, 0.6) is 0 Å². The number of rotatable bonds is 5. The number of amides is 2. The minimum Gasteiger partial charge on any atom is -0.320 e. The average Bonchev–Trinajstić information content (AvgIpc) is 2.81. The third-order valence-electron chi connectivity index (χ3n) is 4.51. The fourth-order valence-electron chi connectivity index (χ4n) is 2.93. The van der Waals surface area contributed by atoms with E-state index < -0.39 is 11.8 Å². The van der Waals surface area contributed by atoms with Gasteiger partial charge in [-0.25, -0.2) is 4.98 Å². The maximum atomic E-state index is 12.7. The minimum absolute atomic E-state index is 0.175. The van der Waals surface area contributed by atoms with E-state index in [0.717, 1.165) is 0 Å². The number of carbonyl (C=O) groups is 2. The van der Waals surface area contributed by atoms with E-state index in [-0.39, 0.29) is 16.8 Å². The molecule has 3 aromatic heterocycles. The number of aromatic nitrogens is 3. The van der Waals surface area contributed by atoms with E-state index in [2.05, 4.69) is 20.6 Å². The van der Waals surface area contributed by atoms with Gasteiger partial charge in [-0.05, 0) is 48.5 Å². The smallest absolute Gasteiger partial charge is 0.259 e. The van der Waals surface area contributed by atoms with Crippen molar-refractivity contribution >= 4 is 34.9 Å². The van der Waals surface area contributed by atoms with Gasteiger partial charge in [0, 0.05) is 35.9 Å². The van der Waals surface area contributed by atoms with E-state index in [9.17, 15) is 14.4 Å². The molecule has 0 aliphatic heterocycles. The van der Waals surface area contributed by atoms with Crippen LogP contribution in [-0.4, -0.2) is 26.3 Å². The predicted molar refractivity (Wildman–Crippen MR) is 121 cm³/mol. The number of pyridine rings is 3. The summed E-state index contributed by atoms with van der Waals surface area (Å²) in [5.41, 5.74) is 1.27. The Morgan fingerprint density at radius 1 is 0.875 bits per heavy atom. The number of benzene rings is 1. The molecule has 1 aromatic carbocycles. The Balaban J connectivity index is 1.51. The topological polar surface area (TPSA) is 106 Å². The highest BCUT2D eigenvalue weighted by atomic mass is 35.5. The van der Waals surface area contributed by atoms with Crippen molar-refractivity contribution in [2.75, 3.05) is 10.6 Å². The summed E-state index contributed by atoms with van der Waals surface area (Å²) in [6, 6.07) is 16.0. The molecule has 0 saturated carbocycles. The zero-order valence-electron chi connectivity index (χ0n) is 16.5. The molecule has 9 heteroatoms. The summed E-state index contributed by atoms with van der Waals surface area (Å²) in [4.78, 5) is 45.4. The standard InChI is InChI=1S/C23H16ClN5O3/c24-16-6-9-20(26-13-16)28-23(32)18-10-11-25-14-19(18)27-22(31)15-4-7-17(8-5-15)29-12-2-1-3-21(29)30/h1-14H,(H,27,31)(H,26,28,32). The molecule has 4 aromatic rings. The van der Waals surface area contributed by atoms with Crippen molar-refractivity contribution in [3.63, 3.8) is 0 Å². The summed E-state index contributed by atoms with van der Waals surface area (Å²) >= 11 is 5.81. The van der Waals surface area contributed by atoms with Gasteiger partial charge in [0.25, 0.3) is 17.4 Å². The highest BCUT2D eigenvalue weighted by molar-refractivity contribution is 6.30. The zero-order chi connectivity index (χ0) is 22.5. The van der Waals surface area contributed by atoms with Gasteiger partial charge in [-0.2, -0.15) is 0 Å². The van der Waals surface area contributed by atoms with Crippen LogP contribution in [0.15, 0.2) is 90.2 Å². The average molecular weight is 446 g/mol. The number of hydrogen-bond donors (Lipinski definition) is 2. The Bertz CT molecular complexity index is 1330. The molecule has 0 fully saturated rings. The van der Waals surface area contributed by atoms with Crippen molar-refractivity contribution in [1.29, 1.82) is 0 Å². The van der Waals surface area contributed by atoms with Crippen molar-refractivity contribution in [2.45, 2.75) is 0 Å². The number of halogens is 1. The third kappa shape index (κ3) is 4.71. The van der Waals surface area contributed by atoms with Gasteiger partial charge in [-0.1, -0.05) is 17.7 Å². The Morgan fingerprint density at radius 2 is 1.69 bits per heavy atom. The molecule has 2 amide bonds. The van der Waals surface area contributed by atoms with Crippen LogP contribution in [0.1, 0.15) is 20.7 Å². The molecule has 0 radical (unpaired) electrons. The number of nitrogens with one attached hydrogen (secondary N) is 2. The molecule has 0 aliphatic carbocycles. The first kappa shape index (κ1) is 21.0. The molecule has 8 nitrogen and oxygen atoms in total. The minimum atomic E-state index is -0.462. The van der Waals surface area contributed by atoms with Crippen LogP contribution in [0, 0.1) is 0 Å². The predicted octanol–water partition coefficient (Wildman–Crippen LogP) is 3.79. The van der Waals surface area contributed by atoms with Gasteiger partial charge in [-0.15, -0.1) is 0 Å². The summed E-state index contributed by atoms with van der Waals surface area (Å²) in [5, 5.41) is 5.80. The lowest BCUT2D eigenvalue weighted by Gasteiger charge is -2.11. The van der Waals surface area contributed by atoms with Gasteiger partial charge >= 0.3 is 0 Å². The normalized spacial score (nSPS) is 10.4. The van der Waals surface area contributed by atoms with E-state index in [1.54, 1.807) is 54.7 Å². The second-order valence-corrected chi connectivity index (χ2v) is 7.08. The number of anilines is 2. The van der Waals surface area contributed by atoms with Gasteiger partial charge in [0.15, 0.2) is 0 Å². The van der Waals surface area contributed by atoms with Crippen LogP contribution >= 0.6 is 11.6 Å². The van der Waals surface area contributed by atoms with Crippen molar-refractivity contribution in [1.82, 2.24) is 14.5 Å². The highest BCUT2D eigenvalue weighted by Gasteiger charge is 2.15. The van der Waals surface area contributed by atoms with Crippen LogP contribution in [0.4, 0.5) is 11.5 Å². The van der Waals surface area contributed by atoms with Gasteiger partial charge < -0.3 is 10.6 Å². The Labute approximate surface area is 187 Å². The highest BCUT2D eigenvalue weighted by Crippen LogP contribution is 2.18. The van der Waals surface area contributed by atoms with Crippen LogP contribution in [0.25, 0.3) is 5.69 Å². The lowest BCUT2D eigenvalue weighted by Crippen LogP contribution is -2.19. The number of nitrogens with zero attached hydrogens (tertiary/aromatic N) is 3. The van der Waals surface area contributed by atoms with Gasteiger partial charge in [-0.3, -0.25) is 23.9 Å². The van der Waals surface area contributed by atoms with Crippen LogP contribution in [0.2, 0.25) is 5.02 Å². The monoisotopic (exact) mass is 445 g/mol. The van der Waals surface area contributed by atoms with E-state index in [4.69, 9.17) is 11.6 Å². The summed E-state index contributed by atoms with van der Waals surface area (Å²) in [7, 11) is 0. The second-order valence-electron chi connectivity index (χ2n) is 6.65. The first-order valence-corrected chi connectivity index (χ1v) is 9.85. The van der Waals surface area contributed by atoms with E-state index >= 15 is 0 Å². The Hall–Kier alpha value is -4.30. The van der Waals surface area contributed by atoms with Gasteiger partial charge in [0.1, 0.15) is 5.82 Å². The fraction of sp³-hybridized carbons (Fsp3) is 0. The van der Waals surface area contributed by atoms with Crippen molar-refractivity contribution in [3.8, 4) is 5.69 Å². The first-order valence-electron chi connectivity index (χ1n) is 9.48. The molecular formula is C23H16ClN5O3. The van der Waals surface area contributed by atoms with Crippen molar-refractivity contribution < 1.29 is 9.59 Å². The second kappa shape index (κ2) is 9.23. The van der Waals surface area contributed by atoms with Crippen molar-refractivity contribution in [2.24, 2.45) is 0 Å². The fourth-order valence-corrected chi connectivity index (χ4v) is 3.05. The first-order chi connectivity index (χ1) is 15.5. The summed E-state index contributed by atoms with van der Waals surface area (Å²) < 4.78 is 1.47. The van der Waals surface area contributed by atoms with Crippen LogP contribution in [0.3, 0.4) is 0 Å². The molecule has 3 heterocycles. The molecule has 0 spiro atoms. The van der Waals surface area contributed by atoms with Gasteiger partial charge in [0.2, 0.25) is 0 Å².